The standard InChI is InChI=1S/C26H40N4O6/c1-18(2)14-21(28-24(33)36-26(3,4)5)23(32)29-13-9-12-20(15-29)30(16-22(27)31)25(34)35-17-19-10-7-6-8-11-19/h6-8,10-11,18,20-21H,9,12-17H2,1-5H3,(H2,27,31)(H,28,33)/t20-,21-/m0/s1. The molecular formula is C26H40N4O6. The number of piperidine rings is 1. The van der Waals surface area contributed by atoms with E-state index in [1.807, 2.05) is 44.2 Å². The van der Waals surface area contributed by atoms with Gasteiger partial charge in [-0.3, -0.25) is 14.5 Å². The third kappa shape index (κ3) is 9.75. The fraction of sp³-hybridized carbons (Fsp3) is 0.615. The average molecular weight is 505 g/mol. The highest BCUT2D eigenvalue weighted by atomic mass is 16.6. The molecule has 0 aromatic heterocycles. The molecule has 10 heteroatoms. The maximum Gasteiger partial charge on any atom is 0.410 e. The summed E-state index contributed by atoms with van der Waals surface area (Å²) in [6, 6.07) is 8.00. The lowest BCUT2D eigenvalue weighted by Gasteiger charge is -2.39. The Hall–Kier alpha value is -3.30. The van der Waals surface area contributed by atoms with E-state index in [9.17, 15) is 19.2 Å². The molecule has 1 heterocycles. The zero-order valence-electron chi connectivity index (χ0n) is 22.0. The molecule has 200 valence electrons. The van der Waals surface area contributed by atoms with E-state index >= 15 is 0 Å². The molecule has 1 aliphatic rings. The first-order valence-corrected chi connectivity index (χ1v) is 12.4. The van der Waals surface area contributed by atoms with Crippen LogP contribution in [-0.4, -0.2) is 71.1 Å². The first kappa shape index (κ1) is 28.9. The number of nitrogens with one attached hydrogen (secondary N) is 1. The molecule has 0 bridgehead atoms. The maximum absolute atomic E-state index is 13.4. The Balaban J connectivity index is 2.11. The van der Waals surface area contributed by atoms with E-state index in [2.05, 4.69) is 5.32 Å². The highest BCUT2D eigenvalue weighted by Crippen LogP contribution is 2.20. The topological polar surface area (TPSA) is 131 Å². The van der Waals surface area contributed by atoms with Crippen LogP contribution in [0.3, 0.4) is 0 Å². The summed E-state index contributed by atoms with van der Waals surface area (Å²) in [5.74, 6) is -0.774. The quantitative estimate of drug-likeness (QED) is 0.531. The summed E-state index contributed by atoms with van der Waals surface area (Å²) in [5, 5.41) is 2.71. The summed E-state index contributed by atoms with van der Waals surface area (Å²) < 4.78 is 10.8. The van der Waals surface area contributed by atoms with Crippen LogP contribution >= 0.6 is 0 Å². The molecule has 4 amide bonds. The normalized spacial score (nSPS) is 16.7. The number of nitrogens with zero attached hydrogens (tertiary/aromatic N) is 2. The summed E-state index contributed by atoms with van der Waals surface area (Å²) in [6.07, 6.45) is 0.325. The van der Waals surface area contributed by atoms with Gasteiger partial charge in [0.25, 0.3) is 0 Å². The minimum atomic E-state index is -0.770. The van der Waals surface area contributed by atoms with Crippen molar-refractivity contribution in [3.8, 4) is 0 Å². The number of hydrogen-bond donors (Lipinski definition) is 2. The number of primary amides is 1. The van der Waals surface area contributed by atoms with E-state index in [-0.39, 0.29) is 31.5 Å². The van der Waals surface area contributed by atoms with Crippen LogP contribution < -0.4 is 11.1 Å². The van der Waals surface area contributed by atoms with Crippen LogP contribution in [-0.2, 0) is 25.7 Å². The zero-order valence-corrected chi connectivity index (χ0v) is 22.0. The highest BCUT2D eigenvalue weighted by Gasteiger charge is 2.35. The monoisotopic (exact) mass is 504 g/mol. The van der Waals surface area contributed by atoms with Gasteiger partial charge >= 0.3 is 12.2 Å². The minimum absolute atomic E-state index is 0.0561. The van der Waals surface area contributed by atoms with Crippen molar-refractivity contribution in [2.75, 3.05) is 19.6 Å². The molecule has 1 aromatic rings. The van der Waals surface area contributed by atoms with Crippen molar-refractivity contribution in [1.82, 2.24) is 15.1 Å². The molecule has 10 nitrogen and oxygen atoms in total. The van der Waals surface area contributed by atoms with Crippen molar-refractivity contribution in [1.29, 1.82) is 0 Å². The Morgan fingerprint density at radius 1 is 1.17 bits per heavy atom. The number of carbonyl (C=O) groups is 4. The molecule has 2 rings (SSSR count). The van der Waals surface area contributed by atoms with Gasteiger partial charge in [-0.1, -0.05) is 44.2 Å². The first-order chi connectivity index (χ1) is 16.9. The molecule has 0 saturated carbocycles. The van der Waals surface area contributed by atoms with Crippen molar-refractivity contribution in [2.45, 2.75) is 78.2 Å². The van der Waals surface area contributed by atoms with Crippen LogP contribution in [0, 0.1) is 5.92 Å². The van der Waals surface area contributed by atoms with Crippen molar-refractivity contribution >= 4 is 24.0 Å². The lowest BCUT2D eigenvalue weighted by molar-refractivity contribution is -0.136. The Morgan fingerprint density at radius 3 is 2.42 bits per heavy atom. The molecule has 1 aromatic carbocycles. The fourth-order valence-electron chi connectivity index (χ4n) is 4.09. The highest BCUT2D eigenvalue weighted by molar-refractivity contribution is 5.86. The lowest BCUT2D eigenvalue weighted by Crippen LogP contribution is -2.57. The van der Waals surface area contributed by atoms with Crippen LogP contribution in [0.25, 0.3) is 0 Å². The Bertz CT molecular complexity index is 899. The predicted octanol–water partition coefficient (Wildman–Crippen LogP) is 3.04. The largest absolute Gasteiger partial charge is 0.445 e. The van der Waals surface area contributed by atoms with E-state index in [0.29, 0.717) is 25.8 Å². The molecule has 0 aliphatic carbocycles. The molecule has 0 spiro atoms. The number of hydrogen-bond acceptors (Lipinski definition) is 6. The third-order valence-electron chi connectivity index (χ3n) is 5.61. The van der Waals surface area contributed by atoms with Crippen LogP contribution in [0.5, 0.6) is 0 Å². The van der Waals surface area contributed by atoms with Crippen molar-refractivity contribution in [3.05, 3.63) is 35.9 Å². The smallest absolute Gasteiger partial charge is 0.410 e. The van der Waals surface area contributed by atoms with Gasteiger partial charge in [-0.15, -0.1) is 0 Å². The van der Waals surface area contributed by atoms with Crippen molar-refractivity contribution in [2.24, 2.45) is 11.7 Å². The molecule has 36 heavy (non-hydrogen) atoms. The Labute approximate surface area is 213 Å². The number of nitrogens with two attached hydrogens (primary N) is 1. The van der Waals surface area contributed by atoms with Crippen LogP contribution in [0.15, 0.2) is 30.3 Å². The number of benzene rings is 1. The number of ether oxygens (including phenoxy) is 2. The molecule has 1 aliphatic heterocycles. The molecular weight excluding hydrogens is 464 g/mol. The summed E-state index contributed by atoms with van der Waals surface area (Å²) in [4.78, 5) is 53.4. The zero-order chi connectivity index (χ0) is 26.9. The molecule has 1 saturated heterocycles. The van der Waals surface area contributed by atoms with Gasteiger partial charge in [0, 0.05) is 13.1 Å². The minimum Gasteiger partial charge on any atom is -0.445 e. The van der Waals surface area contributed by atoms with E-state index < -0.39 is 35.8 Å². The summed E-state index contributed by atoms with van der Waals surface area (Å²) >= 11 is 0. The second-order valence-electron chi connectivity index (χ2n) is 10.5. The SMILES string of the molecule is CC(C)C[C@H](NC(=O)OC(C)(C)C)C(=O)N1CCC[C@H](N(CC(N)=O)C(=O)OCc2ccccc2)C1. The number of amides is 4. The molecule has 0 unspecified atom stereocenters. The van der Waals surface area contributed by atoms with Gasteiger partial charge in [0.1, 0.15) is 24.8 Å². The molecule has 1 fully saturated rings. The predicted molar refractivity (Wildman–Crippen MR) is 135 cm³/mol. The van der Waals surface area contributed by atoms with E-state index in [1.54, 1.807) is 25.7 Å². The van der Waals surface area contributed by atoms with E-state index in [4.69, 9.17) is 15.2 Å². The summed E-state index contributed by atoms with van der Waals surface area (Å²) in [6.45, 7) is 9.62. The van der Waals surface area contributed by atoms with Gasteiger partial charge in [-0.05, 0) is 51.5 Å². The number of likely N-dealkylation sites (tertiary alicyclic amines) is 1. The fourth-order valence-corrected chi connectivity index (χ4v) is 4.09. The van der Waals surface area contributed by atoms with Crippen molar-refractivity contribution < 1.29 is 28.7 Å². The van der Waals surface area contributed by atoms with Gasteiger partial charge in [-0.2, -0.15) is 0 Å². The average Bonchev–Trinajstić information content (AvgIpc) is 2.79. The van der Waals surface area contributed by atoms with Gasteiger partial charge in [-0.25, -0.2) is 9.59 Å². The summed E-state index contributed by atoms with van der Waals surface area (Å²) in [7, 11) is 0. The Kier molecular flexibility index (Phi) is 10.6. The number of rotatable bonds is 9. The Morgan fingerprint density at radius 2 is 1.83 bits per heavy atom. The van der Waals surface area contributed by atoms with Crippen LogP contribution in [0.1, 0.15) is 59.4 Å². The number of carbonyl (C=O) groups excluding carboxylic acids is 4. The van der Waals surface area contributed by atoms with Gasteiger partial charge in [0.15, 0.2) is 0 Å². The van der Waals surface area contributed by atoms with E-state index in [1.165, 1.54) is 4.90 Å². The second-order valence-corrected chi connectivity index (χ2v) is 10.5. The molecule has 0 radical (unpaired) electrons. The van der Waals surface area contributed by atoms with Gasteiger partial charge in [0.05, 0.1) is 6.04 Å². The molecule has 2 atom stereocenters. The van der Waals surface area contributed by atoms with E-state index in [0.717, 1.165) is 5.56 Å². The van der Waals surface area contributed by atoms with Gasteiger partial charge in [0.2, 0.25) is 11.8 Å². The van der Waals surface area contributed by atoms with Gasteiger partial charge < -0.3 is 25.4 Å². The third-order valence-corrected chi connectivity index (χ3v) is 5.61. The second kappa shape index (κ2) is 13.1. The summed E-state index contributed by atoms with van der Waals surface area (Å²) in [5.41, 5.74) is 5.54. The lowest BCUT2D eigenvalue weighted by atomic mass is 9.99. The number of alkyl carbamates (subject to hydrolysis) is 1. The van der Waals surface area contributed by atoms with Crippen molar-refractivity contribution in [3.63, 3.8) is 0 Å². The van der Waals surface area contributed by atoms with Crippen LogP contribution in [0.4, 0.5) is 9.59 Å². The molecule has 3 N–H and O–H groups in total. The maximum atomic E-state index is 13.4. The first-order valence-electron chi connectivity index (χ1n) is 12.4. The van der Waals surface area contributed by atoms with Crippen LogP contribution in [0.2, 0.25) is 0 Å².